The van der Waals surface area contributed by atoms with Crippen molar-refractivity contribution in [3.05, 3.63) is 23.9 Å². The van der Waals surface area contributed by atoms with Crippen molar-refractivity contribution in [2.75, 3.05) is 32.6 Å². The molecule has 2 heterocycles. The van der Waals surface area contributed by atoms with E-state index in [0.29, 0.717) is 40.2 Å². The number of anilines is 1. The van der Waals surface area contributed by atoms with Crippen molar-refractivity contribution in [2.24, 2.45) is 10.8 Å². The molecule has 1 aliphatic carbocycles. The van der Waals surface area contributed by atoms with E-state index in [1.807, 2.05) is 12.1 Å². The number of esters is 1. The second-order valence-corrected chi connectivity index (χ2v) is 10.4. The number of aromatic nitrogens is 1. The number of H-pyrrole nitrogens is 1. The Hall–Kier alpha value is -2.54. The summed E-state index contributed by atoms with van der Waals surface area (Å²) in [5.74, 6) is 0.0723. The molecule has 168 valence electrons. The lowest BCUT2D eigenvalue weighted by atomic mass is 9.65. The summed E-state index contributed by atoms with van der Waals surface area (Å²) in [6.45, 7) is 9.08. The average molecular weight is 429 g/mol. The normalized spacial score (nSPS) is 26.6. The third kappa shape index (κ3) is 4.28. The molecule has 31 heavy (non-hydrogen) atoms. The van der Waals surface area contributed by atoms with E-state index in [0.717, 1.165) is 18.5 Å². The molecule has 0 radical (unpaired) electrons. The molecule has 1 aromatic heterocycles. The molecule has 1 saturated carbocycles. The lowest BCUT2D eigenvalue weighted by molar-refractivity contribution is -0.913. The Balaban J connectivity index is 1.48. The van der Waals surface area contributed by atoms with Crippen molar-refractivity contribution < 1.29 is 24.0 Å². The second kappa shape index (κ2) is 7.86. The Morgan fingerprint density at radius 1 is 1.23 bits per heavy atom. The van der Waals surface area contributed by atoms with Crippen molar-refractivity contribution >= 4 is 28.5 Å². The summed E-state index contributed by atoms with van der Waals surface area (Å²) in [5.41, 5.74) is 2.19. The smallest absolute Gasteiger partial charge is 0.356 e. The number of likely N-dealkylation sites (tertiary alicyclic amines) is 1. The van der Waals surface area contributed by atoms with Gasteiger partial charge in [-0.05, 0) is 24.0 Å². The highest BCUT2D eigenvalue weighted by molar-refractivity contribution is 6.11. The van der Waals surface area contributed by atoms with E-state index in [9.17, 15) is 9.59 Å². The summed E-state index contributed by atoms with van der Waals surface area (Å²) in [5, 5.41) is 3.73. The number of fused-ring (bicyclic) bond motifs is 3. The Bertz CT molecular complexity index is 1010. The Labute approximate surface area is 183 Å². The number of rotatable bonds is 6. The van der Waals surface area contributed by atoms with Crippen LogP contribution in [0.3, 0.4) is 0 Å². The fourth-order valence-corrected chi connectivity index (χ4v) is 6.21. The lowest BCUT2D eigenvalue weighted by Crippen LogP contribution is -3.14. The van der Waals surface area contributed by atoms with Crippen LogP contribution in [0.5, 0.6) is 5.75 Å². The summed E-state index contributed by atoms with van der Waals surface area (Å²) in [6.07, 6.45) is 4.15. The van der Waals surface area contributed by atoms with Gasteiger partial charge >= 0.3 is 5.97 Å². The fraction of sp³-hybridized carbons (Fsp3) is 0.583. The molecule has 2 fully saturated rings. The molecule has 3 N–H and O–H groups in total. The largest absolute Gasteiger partial charge is 0.497 e. The first-order valence-corrected chi connectivity index (χ1v) is 11.1. The maximum absolute atomic E-state index is 12.9. The third-order valence-corrected chi connectivity index (χ3v) is 7.01. The van der Waals surface area contributed by atoms with Crippen LogP contribution >= 0.6 is 0 Å². The molecule has 1 amide bonds. The van der Waals surface area contributed by atoms with Crippen LogP contribution in [0.15, 0.2) is 18.2 Å². The fourth-order valence-electron chi connectivity index (χ4n) is 6.21. The molecule has 4 rings (SSSR count). The van der Waals surface area contributed by atoms with Gasteiger partial charge in [0.25, 0.3) is 0 Å². The van der Waals surface area contributed by atoms with Crippen LogP contribution < -0.4 is 15.0 Å². The molecular weight excluding hydrogens is 394 g/mol. The zero-order valence-electron chi connectivity index (χ0n) is 19.2. The molecule has 1 unspecified atom stereocenters. The number of carbonyl (C=O) groups excluding carboxylic acids is 2. The van der Waals surface area contributed by atoms with E-state index in [4.69, 9.17) is 9.47 Å². The summed E-state index contributed by atoms with van der Waals surface area (Å²) in [4.78, 5) is 29.8. The van der Waals surface area contributed by atoms with Crippen LogP contribution in [0.2, 0.25) is 0 Å². The molecule has 2 bridgehead atoms. The SMILES string of the molecule is COC(=O)c1[nH]c2cc(OC)ccc2c1NC(=O)CC[NH+]1C[C@@]2(C)C[C@@H]1CC(C)(C)C2. The van der Waals surface area contributed by atoms with Gasteiger partial charge in [-0.1, -0.05) is 20.8 Å². The molecule has 7 nitrogen and oxygen atoms in total. The average Bonchev–Trinajstić information content (AvgIpc) is 3.18. The number of hydrogen-bond donors (Lipinski definition) is 3. The van der Waals surface area contributed by atoms with E-state index in [1.165, 1.54) is 26.4 Å². The molecule has 1 aliphatic heterocycles. The van der Waals surface area contributed by atoms with Crippen LogP contribution in [0.1, 0.15) is 56.9 Å². The first kappa shape index (κ1) is 21.7. The van der Waals surface area contributed by atoms with Crippen molar-refractivity contribution in [3.63, 3.8) is 0 Å². The summed E-state index contributed by atoms with van der Waals surface area (Å²) < 4.78 is 10.2. The highest BCUT2D eigenvalue weighted by atomic mass is 16.5. The standard InChI is InChI=1S/C24H33N3O4/c1-23(2)11-15-12-24(3,13-23)14-27(15)9-8-19(28)26-20-17-7-6-16(30-4)10-18(17)25-21(20)22(29)31-5/h6-7,10,15,25H,8-9,11-14H2,1-5H3,(H,26,28)/p+1/t15-,24-/m0/s1. The van der Waals surface area contributed by atoms with Crippen molar-refractivity contribution in [3.8, 4) is 5.75 Å². The molecule has 2 aromatic rings. The number of quaternary nitrogens is 1. The maximum Gasteiger partial charge on any atom is 0.356 e. The Morgan fingerprint density at radius 2 is 2.00 bits per heavy atom. The molecule has 3 atom stereocenters. The van der Waals surface area contributed by atoms with Crippen molar-refractivity contribution in [2.45, 2.75) is 52.5 Å². The third-order valence-electron chi connectivity index (χ3n) is 7.01. The number of methoxy groups -OCH3 is 2. The van der Waals surface area contributed by atoms with E-state index in [1.54, 1.807) is 18.1 Å². The van der Waals surface area contributed by atoms with Crippen LogP contribution in [-0.4, -0.2) is 50.2 Å². The predicted octanol–water partition coefficient (Wildman–Crippen LogP) is 2.78. The summed E-state index contributed by atoms with van der Waals surface area (Å²) >= 11 is 0. The number of aromatic amines is 1. The van der Waals surface area contributed by atoms with E-state index < -0.39 is 5.97 Å². The first-order valence-electron chi connectivity index (χ1n) is 11.1. The van der Waals surface area contributed by atoms with Gasteiger partial charge in [0.2, 0.25) is 5.91 Å². The number of ether oxygens (including phenoxy) is 2. The minimum absolute atomic E-state index is 0.0831. The summed E-state index contributed by atoms with van der Waals surface area (Å²) in [6, 6.07) is 6.08. The highest BCUT2D eigenvalue weighted by Crippen LogP contribution is 2.47. The molecule has 0 spiro atoms. The van der Waals surface area contributed by atoms with Gasteiger partial charge in [-0.2, -0.15) is 0 Å². The van der Waals surface area contributed by atoms with Gasteiger partial charge in [0.05, 0.1) is 51.0 Å². The number of benzene rings is 1. The van der Waals surface area contributed by atoms with Gasteiger partial charge in [0.1, 0.15) is 11.4 Å². The quantitative estimate of drug-likeness (QED) is 0.618. The van der Waals surface area contributed by atoms with Gasteiger partial charge in [-0.15, -0.1) is 0 Å². The van der Waals surface area contributed by atoms with Crippen LogP contribution in [0.25, 0.3) is 10.9 Å². The zero-order valence-corrected chi connectivity index (χ0v) is 19.2. The highest BCUT2D eigenvalue weighted by Gasteiger charge is 2.52. The lowest BCUT2D eigenvalue weighted by Gasteiger charge is -2.37. The molecule has 7 heteroatoms. The number of nitrogens with one attached hydrogen (secondary N) is 3. The van der Waals surface area contributed by atoms with Gasteiger partial charge in [0, 0.05) is 29.7 Å². The van der Waals surface area contributed by atoms with Gasteiger partial charge in [-0.25, -0.2) is 4.79 Å². The Kier molecular flexibility index (Phi) is 5.50. The number of hydrogen-bond acceptors (Lipinski definition) is 4. The van der Waals surface area contributed by atoms with Crippen LogP contribution in [0, 0.1) is 10.8 Å². The van der Waals surface area contributed by atoms with Crippen LogP contribution in [0.4, 0.5) is 5.69 Å². The van der Waals surface area contributed by atoms with Gasteiger partial charge < -0.3 is 24.7 Å². The monoisotopic (exact) mass is 428 g/mol. The van der Waals surface area contributed by atoms with Crippen LogP contribution in [-0.2, 0) is 9.53 Å². The second-order valence-electron chi connectivity index (χ2n) is 10.4. The first-order chi connectivity index (χ1) is 14.6. The van der Waals surface area contributed by atoms with Gasteiger partial charge in [-0.3, -0.25) is 4.79 Å². The topological polar surface area (TPSA) is 84.9 Å². The summed E-state index contributed by atoms with van der Waals surface area (Å²) in [7, 11) is 2.92. The van der Waals surface area contributed by atoms with Crippen molar-refractivity contribution in [1.29, 1.82) is 0 Å². The molecule has 1 saturated heterocycles. The minimum atomic E-state index is -0.514. The van der Waals surface area contributed by atoms with E-state index in [-0.39, 0.29) is 11.6 Å². The molecule has 2 aliphatic rings. The van der Waals surface area contributed by atoms with Crippen molar-refractivity contribution in [1.82, 2.24) is 4.98 Å². The Morgan fingerprint density at radius 3 is 2.71 bits per heavy atom. The number of amides is 1. The minimum Gasteiger partial charge on any atom is -0.497 e. The molecule has 1 aromatic carbocycles. The van der Waals surface area contributed by atoms with E-state index >= 15 is 0 Å². The number of carbonyl (C=O) groups is 2. The zero-order chi connectivity index (χ0) is 22.4. The van der Waals surface area contributed by atoms with E-state index in [2.05, 4.69) is 31.1 Å². The molecular formula is C24H34N3O4+. The maximum atomic E-state index is 12.9. The van der Waals surface area contributed by atoms with Gasteiger partial charge in [0.15, 0.2) is 0 Å². The predicted molar refractivity (Wildman–Crippen MR) is 120 cm³/mol.